The average molecular weight is 393 g/mol. The van der Waals surface area contributed by atoms with Crippen molar-refractivity contribution >= 4 is 41.2 Å². The summed E-state index contributed by atoms with van der Waals surface area (Å²) in [5, 5.41) is 30.8. The summed E-state index contributed by atoms with van der Waals surface area (Å²) in [7, 11) is 0. The number of nitro groups is 1. The molecule has 140 valence electrons. The van der Waals surface area contributed by atoms with Gasteiger partial charge in [0.2, 0.25) is 0 Å². The first-order valence-electron chi connectivity index (χ1n) is 7.42. The lowest BCUT2D eigenvalue weighted by atomic mass is 10.0. The van der Waals surface area contributed by atoms with Crippen molar-refractivity contribution in [3.8, 4) is 0 Å². The van der Waals surface area contributed by atoms with Gasteiger partial charge in [-0.2, -0.15) is 0 Å². The van der Waals surface area contributed by atoms with Gasteiger partial charge in [0.15, 0.2) is 0 Å². The zero-order chi connectivity index (χ0) is 19.9. The van der Waals surface area contributed by atoms with Gasteiger partial charge in [-0.25, -0.2) is 9.59 Å². The average Bonchev–Trinajstić information content (AvgIpc) is 2.64. The van der Waals surface area contributed by atoms with E-state index in [4.69, 9.17) is 5.11 Å². The Labute approximate surface area is 154 Å². The Kier molecular flexibility index (Phi) is 4.57. The Morgan fingerprint density at radius 1 is 1.26 bits per heavy atom. The second-order valence-electron chi connectivity index (χ2n) is 5.61. The third kappa shape index (κ3) is 3.10. The van der Waals surface area contributed by atoms with Crippen LogP contribution in [0.1, 0.15) is 10.4 Å². The van der Waals surface area contributed by atoms with Gasteiger partial charge in [0.25, 0.3) is 17.5 Å². The van der Waals surface area contributed by atoms with Gasteiger partial charge in [0.05, 0.1) is 10.5 Å². The molecule has 3 rings (SSSR count). The maximum atomic E-state index is 12.3. The number of rotatable bonds is 5. The molecule has 2 amide bonds. The van der Waals surface area contributed by atoms with Crippen molar-refractivity contribution in [2.24, 2.45) is 0 Å². The maximum Gasteiger partial charge on any atom is 0.353 e. The lowest BCUT2D eigenvalue weighted by Gasteiger charge is -2.48. The van der Waals surface area contributed by atoms with Gasteiger partial charge in [-0.1, -0.05) is 6.07 Å². The quantitative estimate of drug-likeness (QED) is 0.355. The number of fused-ring (bicyclic) bond motifs is 1. The number of β-lactam (4-membered cyclic amide) rings is 1. The molecule has 11 nitrogen and oxygen atoms in total. The summed E-state index contributed by atoms with van der Waals surface area (Å²) < 4.78 is 0. The second kappa shape index (κ2) is 6.72. The number of aliphatic carboxylic acids is 2. The second-order valence-corrected chi connectivity index (χ2v) is 6.71. The summed E-state index contributed by atoms with van der Waals surface area (Å²) in [4.78, 5) is 58.1. The Morgan fingerprint density at radius 3 is 2.56 bits per heavy atom. The number of nitrogens with zero attached hydrogens (tertiary/aromatic N) is 2. The molecule has 1 aromatic rings. The highest BCUT2D eigenvalue weighted by atomic mass is 32.2. The number of amides is 2. The summed E-state index contributed by atoms with van der Waals surface area (Å²) >= 11 is 1.01. The predicted molar refractivity (Wildman–Crippen MR) is 89.7 cm³/mol. The van der Waals surface area contributed by atoms with Crippen molar-refractivity contribution in [2.45, 2.75) is 11.4 Å². The lowest BCUT2D eigenvalue weighted by molar-refractivity contribution is -0.384. The van der Waals surface area contributed by atoms with Crippen LogP contribution in [-0.2, 0) is 14.4 Å². The number of carbonyl (C=O) groups is 4. The molecule has 0 aromatic heterocycles. The number of carbonyl (C=O) groups excluding carboxylic acids is 2. The number of carboxylic acid groups (broad SMARTS) is 2. The molecule has 12 heteroatoms. The summed E-state index contributed by atoms with van der Waals surface area (Å²) in [6.45, 7) is 0. The fourth-order valence-electron chi connectivity index (χ4n) is 2.77. The number of carboxylic acids is 2. The molecular formula is C15H11N3O8S. The molecule has 1 fully saturated rings. The summed E-state index contributed by atoms with van der Waals surface area (Å²) in [6, 6.07) is 3.85. The van der Waals surface area contributed by atoms with Gasteiger partial charge >= 0.3 is 11.9 Å². The highest BCUT2D eigenvalue weighted by Crippen LogP contribution is 2.40. The lowest BCUT2D eigenvalue weighted by Crippen LogP contribution is -2.70. The van der Waals surface area contributed by atoms with Crippen molar-refractivity contribution in [1.29, 1.82) is 0 Å². The summed E-state index contributed by atoms with van der Waals surface area (Å²) in [5.41, 5.74) is -1.34. The molecule has 1 aromatic carbocycles. The topological polar surface area (TPSA) is 167 Å². The molecule has 0 spiro atoms. The number of nitrogens with one attached hydrogen (secondary N) is 1. The first-order chi connectivity index (χ1) is 12.7. The molecular weight excluding hydrogens is 382 g/mol. The Hall–Kier alpha value is -3.41. The van der Waals surface area contributed by atoms with Crippen molar-refractivity contribution in [2.75, 3.05) is 5.75 Å². The van der Waals surface area contributed by atoms with Crippen LogP contribution in [0.15, 0.2) is 35.5 Å². The van der Waals surface area contributed by atoms with E-state index in [1.54, 1.807) is 0 Å². The zero-order valence-electron chi connectivity index (χ0n) is 13.3. The standard InChI is InChI=1S/C15H11N3O8S/c19-11(6-2-1-3-7(4-6)18(25)26)16-9-12(20)17-10(15(23)24)8(14(21)22)5-27-13(9)17/h1-4,9,13H,5H2,(H,16,19)(H,21,22)(H,23,24)/t9?,13-/m1/s1. The van der Waals surface area contributed by atoms with E-state index >= 15 is 0 Å². The van der Waals surface area contributed by atoms with Gasteiger partial charge in [0, 0.05) is 23.4 Å². The molecule has 0 radical (unpaired) electrons. The Morgan fingerprint density at radius 2 is 1.96 bits per heavy atom. The van der Waals surface area contributed by atoms with E-state index in [0.29, 0.717) is 0 Å². The molecule has 2 aliphatic heterocycles. The molecule has 0 saturated carbocycles. The van der Waals surface area contributed by atoms with Gasteiger partial charge in [0.1, 0.15) is 17.1 Å². The van der Waals surface area contributed by atoms with Crippen LogP contribution in [0.4, 0.5) is 5.69 Å². The normalized spacial score (nSPS) is 21.2. The van der Waals surface area contributed by atoms with Gasteiger partial charge in [-0.15, -0.1) is 11.8 Å². The van der Waals surface area contributed by atoms with Gasteiger partial charge in [-0.05, 0) is 6.07 Å². The zero-order valence-corrected chi connectivity index (χ0v) is 14.1. The molecule has 2 atom stereocenters. The van der Waals surface area contributed by atoms with E-state index in [2.05, 4.69) is 5.32 Å². The van der Waals surface area contributed by atoms with Crippen molar-refractivity contribution < 1.29 is 34.3 Å². The smallest absolute Gasteiger partial charge is 0.353 e. The molecule has 2 aliphatic rings. The molecule has 3 N–H and O–H groups in total. The van der Waals surface area contributed by atoms with Crippen LogP contribution in [-0.4, -0.2) is 61.0 Å². The third-order valence-corrected chi connectivity index (χ3v) is 5.31. The summed E-state index contributed by atoms with van der Waals surface area (Å²) in [6.07, 6.45) is 0. The van der Waals surface area contributed by atoms with Crippen molar-refractivity contribution in [3.63, 3.8) is 0 Å². The fourth-order valence-corrected chi connectivity index (χ4v) is 4.10. The molecule has 27 heavy (non-hydrogen) atoms. The molecule has 0 aliphatic carbocycles. The summed E-state index contributed by atoms with van der Waals surface area (Å²) in [5.74, 6) is -4.62. The highest BCUT2D eigenvalue weighted by Gasteiger charge is 2.55. The largest absolute Gasteiger partial charge is 0.478 e. The number of benzene rings is 1. The number of nitro benzene ring substituents is 1. The third-order valence-electron chi connectivity index (χ3n) is 4.03. The van der Waals surface area contributed by atoms with Crippen LogP contribution < -0.4 is 5.32 Å². The van der Waals surface area contributed by atoms with Crippen molar-refractivity contribution in [3.05, 3.63) is 51.2 Å². The van der Waals surface area contributed by atoms with Crippen molar-refractivity contribution in [1.82, 2.24) is 10.2 Å². The number of non-ortho nitro benzene ring substituents is 1. The number of hydrogen-bond donors (Lipinski definition) is 3. The van der Waals surface area contributed by atoms with Crippen LogP contribution in [0.5, 0.6) is 0 Å². The van der Waals surface area contributed by atoms with Crippen LogP contribution in [0, 0.1) is 10.1 Å². The molecule has 1 saturated heterocycles. The minimum atomic E-state index is -1.55. The van der Waals surface area contributed by atoms with Gasteiger partial charge in [-0.3, -0.25) is 24.6 Å². The van der Waals surface area contributed by atoms with Crippen LogP contribution in [0.2, 0.25) is 0 Å². The molecule has 2 heterocycles. The number of hydrogen-bond acceptors (Lipinski definition) is 7. The Balaban J connectivity index is 1.80. The SMILES string of the molecule is O=C(O)C1=C(C(=O)O)N2C(=O)C(NC(=O)c3cccc([N+](=O)[O-])c3)[C@H]2SC1. The van der Waals surface area contributed by atoms with E-state index in [-0.39, 0.29) is 17.0 Å². The van der Waals surface area contributed by atoms with Crippen LogP contribution in [0.3, 0.4) is 0 Å². The monoisotopic (exact) mass is 393 g/mol. The number of thioether (sulfide) groups is 1. The minimum absolute atomic E-state index is 0.0310. The maximum absolute atomic E-state index is 12.3. The molecule has 0 bridgehead atoms. The predicted octanol–water partition coefficient (Wildman–Crippen LogP) is 0.0316. The van der Waals surface area contributed by atoms with Crippen LogP contribution >= 0.6 is 11.8 Å². The molecule has 1 unspecified atom stereocenters. The first-order valence-corrected chi connectivity index (χ1v) is 8.47. The van der Waals surface area contributed by atoms with E-state index in [9.17, 15) is 34.4 Å². The van der Waals surface area contributed by atoms with Gasteiger partial charge < -0.3 is 15.5 Å². The van der Waals surface area contributed by atoms with E-state index in [1.165, 1.54) is 18.2 Å². The first kappa shape index (κ1) is 18.4. The van der Waals surface area contributed by atoms with Crippen LogP contribution in [0.25, 0.3) is 0 Å². The highest BCUT2D eigenvalue weighted by molar-refractivity contribution is 8.00. The van der Waals surface area contributed by atoms with E-state index in [1.807, 2.05) is 0 Å². The van der Waals surface area contributed by atoms with E-state index < -0.39 is 51.4 Å². The fraction of sp³-hybridized carbons (Fsp3) is 0.200. The minimum Gasteiger partial charge on any atom is -0.478 e. The Bertz CT molecular complexity index is 927. The van der Waals surface area contributed by atoms with E-state index in [0.717, 1.165) is 22.7 Å².